The first-order chi connectivity index (χ1) is 8.86. The molecule has 1 aliphatic rings. The van der Waals surface area contributed by atoms with E-state index in [2.05, 4.69) is 5.32 Å². The van der Waals surface area contributed by atoms with Gasteiger partial charge in [0.2, 0.25) is 0 Å². The fourth-order valence-electron chi connectivity index (χ4n) is 2.31. The predicted octanol–water partition coefficient (Wildman–Crippen LogP) is 3.32. The number of hydrogen-bond acceptors (Lipinski definition) is 2. The van der Waals surface area contributed by atoms with Crippen molar-refractivity contribution in [1.29, 1.82) is 0 Å². The minimum absolute atomic E-state index is 0. The van der Waals surface area contributed by atoms with E-state index < -0.39 is 0 Å². The number of para-hydroxylation sites is 1. The van der Waals surface area contributed by atoms with Gasteiger partial charge in [-0.1, -0.05) is 36.4 Å². The van der Waals surface area contributed by atoms with Crippen molar-refractivity contribution in [2.24, 2.45) is 0 Å². The maximum Gasteiger partial charge on any atom is 0.128 e. The van der Waals surface area contributed by atoms with Gasteiger partial charge in [-0.3, -0.25) is 0 Å². The first-order valence-corrected chi connectivity index (χ1v) is 6.06. The summed E-state index contributed by atoms with van der Waals surface area (Å²) >= 11 is 0. The fraction of sp³-hybridized carbons (Fsp3) is 0.200. The smallest absolute Gasteiger partial charge is 0.128 e. The molecule has 1 aliphatic heterocycles. The lowest BCUT2D eigenvalue weighted by Gasteiger charge is -2.18. The van der Waals surface area contributed by atoms with E-state index in [4.69, 9.17) is 4.74 Å². The molecule has 2 aromatic carbocycles. The first kappa shape index (κ1) is 13.8. The van der Waals surface area contributed by atoms with E-state index in [1.165, 1.54) is 6.07 Å². The summed E-state index contributed by atoms with van der Waals surface area (Å²) in [7, 11) is 0. The second-order valence-corrected chi connectivity index (χ2v) is 4.29. The number of fused-ring (bicyclic) bond motifs is 1. The Labute approximate surface area is 118 Å². The summed E-state index contributed by atoms with van der Waals surface area (Å²) < 4.78 is 19.6. The summed E-state index contributed by atoms with van der Waals surface area (Å²) in [4.78, 5) is 0. The molecule has 19 heavy (non-hydrogen) atoms. The van der Waals surface area contributed by atoms with Crippen molar-refractivity contribution in [1.82, 2.24) is 5.32 Å². The summed E-state index contributed by atoms with van der Waals surface area (Å²) in [5, 5.41) is 3.33. The third-order valence-electron chi connectivity index (χ3n) is 3.15. The zero-order valence-electron chi connectivity index (χ0n) is 10.3. The molecular weight excluding hydrogens is 265 g/mol. The van der Waals surface area contributed by atoms with E-state index in [1.54, 1.807) is 6.07 Å². The number of hydrogen-bond donors (Lipinski definition) is 1. The van der Waals surface area contributed by atoms with Crippen LogP contribution in [0.3, 0.4) is 0 Å². The standard InChI is InChI=1S/C15H14FNO.ClH/c16-13-7-3-1-5-11(13)15-12-6-2-4-8-14(12)18-10-9-17-15;/h1-8,15,17H,9-10H2;1H. The van der Waals surface area contributed by atoms with Gasteiger partial charge < -0.3 is 10.1 Å². The average molecular weight is 280 g/mol. The molecule has 1 heterocycles. The van der Waals surface area contributed by atoms with Crippen molar-refractivity contribution in [2.75, 3.05) is 13.2 Å². The van der Waals surface area contributed by atoms with Gasteiger partial charge in [0.15, 0.2) is 0 Å². The largest absolute Gasteiger partial charge is 0.492 e. The Morgan fingerprint density at radius 1 is 1.00 bits per heavy atom. The molecule has 0 amide bonds. The molecule has 3 rings (SSSR count). The Kier molecular flexibility index (Phi) is 4.40. The zero-order chi connectivity index (χ0) is 12.4. The van der Waals surface area contributed by atoms with Crippen molar-refractivity contribution in [3.8, 4) is 5.75 Å². The summed E-state index contributed by atoms with van der Waals surface area (Å²) in [6.45, 7) is 1.30. The summed E-state index contributed by atoms with van der Waals surface area (Å²) in [6, 6.07) is 14.5. The fourth-order valence-corrected chi connectivity index (χ4v) is 2.31. The van der Waals surface area contributed by atoms with Crippen LogP contribution < -0.4 is 10.1 Å². The first-order valence-electron chi connectivity index (χ1n) is 6.06. The second kappa shape index (κ2) is 6.04. The highest BCUT2D eigenvalue weighted by atomic mass is 35.5. The van der Waals surface area contributed by atoms with E-state index >= 15 is 0 Å². The molecule has 0 aliphatic carbocycles. The Morgan fingerprint density at radius 2 is 1.68 bits per heavy atom. The van der Waals surface area contributed by atoms with Gasteiger partial charge in [0.25, 0.3) is 0 Å². The van der Waals surface area contributed by atoms with Crippen LogP contribution in [0.1, 0.15) is 17.2 Å². The molecule has 0 bridgehead atoms. The van der Waals surface area contributed by atoms with Gasteiger partial charge in [-0.15, -0.1) is 12.4 Å². The molecule has 2 nitrogen and oxygen atoms in total. The third-order valence-corrected chi connectivity index (χ3v) is 3.15. The maximum atomic E-state index is 13.9. The molecule has 1 unspecified atom stereocenters. The van der Waals surface area contributed by atoms with Gasteiger partial charge in [-0.2, -0.15) is 0 Å². The quantitative estimate of drug-likeness (QED) is 0.865. The number of benzene rings is 2. The van der Waals surface area contributed by atoms with E-state index in [-0.39, 0.29) is 24.3 Å². The molecule has 2 aromatic rings. The van der Waals surface area contributed by atoms with Crippen molar-refractivity contribution in [3.05, 3.63) is 65.5 Å². The molecule has 0 fully saturated rings. The van der Waals surface area contributed by atoms with E-state index in [0.29, 0.717) is 18.7 Å². The molecule has 100 valence electrons. The lowest BCUT2D eigenvalue weighted by Crippen LogP contribution is -2.24. The summed E-state index contributed by atoms with van der Waals surface area (Å²) in [5.41, 5.74) is 1.65. The van der Waals surface area contributed by atoms with Gasteiger partial charge in [0.05, 0.1) is 6.04 Å². The third kappa shape index (κ3) is 2.72. The SMILES string of the molecule is Cl.Fc1ccccc1C1NCCOc2ccccc21. The van der Waals surface area contributed by atoms with E-state index in [9.17, 15) is 4.39 Å². The number of ether oxygens (including phenoxy) is 1. The van der Waals surface area contributed by atoms with Gasteiger partial charge in [-0.25, -0.2) is 4.39 Å². The monoisotopic (exact) mass is 279 g/mol. The van der Waals surface area contributed by atoms with Crippen molar-refractivity contribution < 1.29 is 9.13 Å². The normalized spacial score (nSPS) is 17.6. The molecule has 0 spiro atoms. The molecule has 1 atom stereocenters. The van der Waals surface area contributed by atoms with Crippen molar-refractivity contribution >= 4 is 12.4 Å². The second-order valence-electron chi connectivity index (χ2n) is 4.29. The zero-order valence-corrected chi connectivity index (χ0v) is 11.1. The van der Waals surface area contributed by atoms with Crippen molar-refractivity contribution in [3.63, 3.8) is 0 Å². The molecule has 0 radical (unpaired) electrons. The van der Waals surface area contributed by atoms with Crippen LogP contribution in [0.2, 0.25) is 0 Å². The summed E-state index contributed by atoms with van der Waals surface area (Å²) in [5.74, 6) is 0.641. The maximum absolute atomic E-state index is 13.9. The highest BCUT2D eigenvalue weighted by Crippen LogP contribution is 2.32. The minimum atomic E-state index is -0.188. The van der Waals surface area contributed by atoms with Crippen LogP contribution in [0.25, 0.3) is 0 Å². The number of nitrogens with one attached hydrogen (secondary N) is 1. The van der Waals surface area contributed by atoms with Crippen LogP contribution in [-0.2, 0) is 0 Å². The Morgan fingerprint density at radius 3 is 2.47 bits per heavy atom. The predicted molar refractivity (Wildman–Crippen MR) is 75.4 cm³/mol. The molecule has 0 saturated heterocycles. The number of halogens is 2. The highest BCUT2D eigenvalue weighted by Gasteiger charge is 2.22. The van der Waals surface area contributed by atoms with E-state index in [0.717, 1.165) is 11.3 Å². The molecular formula is C15H15ClFNO. The molecule has 0 aromatic heterocycles. The van der Waals surface area contributed by atoms with Gasteiger partial charge >= 0.3 is 0 Å². The van der Waals surface area contributed by atoms with Gasteiger partial charge in [0.1, 0.15) is 18.2 Å². The lowest BCUT2D eigenvalue weighted by molar-refractivity contribution is 0.325. The van der Waals surface area contributed by atoms with Crippen LogP contribution >= 0.6 is 12.4 Å². The Balaban J connectivity index is 0.00000133. The van der Waals surface area contributed by atoms with Crippen LogP contribution in [0.5, 0.6) is 5.75 Å². The van der Waals surface area contributed by atoms with Crippen LogP contribution in [0.15, 0.2) is 48.5 Å². The number of rotatable bonds is 1. The van der Waals surface area contributed by atoms with Crippen molar-refractivity contribution in [2.45, 2.75) is 6.04 Å². The lowest BCUT2D eigenvalue weighted by atomic mass is 9.97. The minimum Gasteiger partial charge on any atom is -0.492 e. The van der Waals surface area contributed by atoms with Crippen LogP contribution in [0, 0.1) is 5.82 Å². The molecule has 1 N–H and O–H groups in total. The molecule has 4 heteroatoms. The highest BCUT2D eigenvalue weighted by molar-refractivity contribution is 5.85. The van der Waals surface area contributed by atoms with Crippen LogP contribution in [-0.4, -0.2) is 13.2 Å². The van der Waals surface area contributed by atoms with Gasteiger partial charge in [-0.05, 0) is 12.1 Å². The topological polar surface area (TPSA) is 21.3 Å². The van der Waals surface area contributed by atoms with Gasteiger partial charge in [0, 0.05) is 17.7 Å². The van der Waals surface area contributed by atoms with Crippen LogP contribution in [0.4, 0.5) is 4.39 Å². The Hall–Kier alpha value is -1.58. The van der Waals surface area contributed by atoms with E-state index in [1.807, 2.05) is 36.4 Å². The Bertz CT molecular complexity index is 561. The molecule has 0 saturated carbocycles. The summed E-state index contributed by atoms with van der Waals surface area (Å²) in [6.07, 6.45) is 0. The average Bonchev–Trinajstić information content (AvgIpc) is 2.62.